The molecule has 0 saturated heterocycles. The monoisotopic (exact) mass is 465 g/mol. The van der Waals surface area contributed by atoms with Crippen molar-refractivity contribution in [1.29, 1.82) is 0 Å². The lowest BCUT2D eigenvalue weighted by Crippen LogP contribution is -2.37. The molecule has 3 aromatic rings. The van der Waals surface area contributed by atoms with Crippen LogP contribution in [0.5, 0.6) is 0 Å². The molecule has 1 aromatic heterocycles. The number of rotatable bonds is 8. The second-order valence-electron chi connectivity index (χ2n) is 7.30. The van der Waals surface area contributed by atoms with Crippen molar-refractivity contribution in [1.82, 2.24) is 9.88 Å². The minimum absolute atomic E-state index is 0.111. The Balaban J connectivity index is 1.84. The third-order valence-corrected chi connectivity index (χ3v) is 7.60. The third-order valence-electron chi connectivity index (χ3n) is 4.63. The molecule has 0 radical (unpaired) electrons. The first-order valence-electron chi connectivity index (χ1n) is 9.47. The van der Waals surface area contributed by atoms with Gasteiger partial charge in [-0.3, -0.25) is 9.69 Å². The summed E-state index contributed by atoms with van der Waals surface area (Å²) >= 11 is 7.55. The number of nitrogens with zero attached hydrogens (tertiary/aromatic N) is 3. The normalized spacial score (nSPS) is 11.9. The SMILES string of the molecule is Cc1cc(Cl)cc2sc(N(CCN(C)C)C(=O)CCS(=O)(=O)c3ccccc3)nc12. The number of benzene rings is 2. The molecule has 0 unspecified atom stereocenters. The van der Waals surface area contributed by atoms with Crippen molar-refractivity contribution in [2.75, 3.05) is 37.8 Å². The van der Waals surface area contributed by atoms with E-state index in [1.807, 2.05) is 38.1 Å². The second kappa shape index (κ2) is 9.43. The number of carbonyl (C=O) groups excluding carboxylic acids is 1. The minimum atomic E-state index is -3.53. The Morgan fingerprint density at radius 2 is 1.83 bits per heavy atom. The predicted molar refractivity (Wildman–Crippen MR) is 123 cm³/mol. The van der Waals surface area contributed by atoms with Crippen molar-refractivity contribution in [2.45, 2.75) is 18.2 Å². The van der Waals surface area contributed by atoms with E-state index in [1.165, 1.54) is 11.3 Å². The number of likely N-dealkylation sites (N-methyl/N-ethyl adjacent to an activating group) is 1. The number of aryl methyl sites for hydroxylation is 1. The Morgan fingerprint density at radius 1 is 1.13 bits per heavy atom. The molecule has 0 aliphatic heterocycles. The summed E-state index contributed by atoms with van der Waals surface area (Å²) in [6, 6.07) is 11.9. The zero-order chi connectivity index (χ0) is 21.9. The Bertz CT molecular complexity index is 1150. The first-order chi connectivity index (χ1) is 14.2. The molecule has 3 rings (SSSR count). The van der Waals surface area contributed by atoms with E-state index in [0.717, 1.165) is 15.8 Å². The van der Waals surface area contributed by atoms with Crippen molar-refractivity contribution in [2.24, 2.45) is 0 Å². The standard InChI is InChI=1S/C21H24ClN3O3S2/c1-15-13-16(22)14-18-20(15)23-21(29-18)25(11-10-24(2)3)19(26)9-12-30(27,28)17-7-5-4-6-8-17/h4-8,13-14H,9-12H2,1-3H3. The highest BCUT2D eigenvalue weighted by atomic mass is 35.5. The van der Waals surface area contributed by atoms with Crippen LogP contribution >= 0.6 is 22.9 Å². The van der Waals surface area contributed by atoms with Crippen molar-refractivity contribution < 1.29 is 13.2 Å². The molecule has 6 nitrogen and oxygen atoms in total. The Hall–Kier alpha value is -2.00. The number of halogens is 1. The summed E-state index contributed by atoms with van der Waals surface area (Å²) in [5.41, 5.74) is 1.74. The quantitative estimate of drug-likeness (QED) is 0.502. The van der Waals surface area contributed by atoms with E-state index in [1.54, 1.807) is 35.2 Å². The van der Waals surface area contributed by atoms with E-state index in [2.05, 4.69) is 4.98 Å². The Kier molecular flexibility index (Phi) is 7.13. The average molecular weight is 466 g/mol. The van der Waals surface area contributed by atoms with Gasteiger partial charge >= 0.3 is 0 Å². The highest BCUT2D eigenvalue weighted by Gasteiger charge is 2.23. The van der Waals surface area contributed by atoms with Crippen molar-refractivity contribution >= 4 is 54.0 Å². The van der Waals surface area contributed by atoms with Gasteiger partial charge in [0.25, 0.3) is 0 Å². The molecule has 0 spiro atoms. The number of thiazole rings is 1. The Morgan fingerprint density at radius 3 is 2.50 bits per heavy atom. The van der Waals surface area contributed by atoms with Gasteiger partial charge in [-0.25, -0.2) is 13.4 Å². The molecular formula is C21H24ClN3O3S2. The van der Waals surface area contributed by atoms with Crippen LogP contribution in [-0.2, 0) is 14.6 Å². The zero-order valence-electron chi connectivity index (χ0n) is 17.1. The van der Waals surface area contributed by atoms with Gasteiger partial charge in [0.1, 0.15) is 0 Å². The van der Waals surface area contributed by atoms with Crippen LogP contribution in [0.3, 0.4) is 0 Å². The van der Waals surface area contributed by atoms with E-state index >= 15 is 0 Å². The van der Waals surface area contributed by atoms with Crippen LogP contribution in [0.1, 0.15) is 12.0 Å². The lowest BCUT2D eigenvalue weighted by Gasteiger charge is -2.22. The molecule has 1 amide bonds. The minimum Gasteiger partial charge on any atom is -0.308 e. The number of hydrogen-bond donors (Lipinski definition) is 0. The molecule has 0 fully saturated rings. The van der Waals surface area contributed by atoms with Gasteiger partial charge in [0.05, 0.1) is 20.9 Å². The summed E-state index contributed by atoms with van der Waals surface area (Å²) in [4.78, 5) is 21.5. The van der Waals surface area contributed by atoms with Gasteiger partial charge in [0.15, 0.2) is 15.0 Å². The first-order valence-corrected chi connectivity index (χ1v) is 12.3. The summed E-state index contributed by atoms with van der Waals surface area (Å²) in [6.45, 7) is 2.98. The highest BCUT2D eigenvalue weighted by Crippen LogP contribution is 2.33. The molecular weight excluding hydrogens is 442 g/mol. The molecule has 1 heterocycles. The van der Waals surface area contributed by atoms with Gasteiger partial charge in [-0.05, 0) is 50.8 Å². The summed E-state index contributed by atoms with van der Waals surface area (Å²) in [6.07, 6.45) is -0.111. The van der Waals surface area contributed by atoms with Crippen LogP contribution in [0.2, 0.25) is 5.02 Å². The third kappa shape index (κ3) is 5.37. The second-order valence-corrected chi connectivity index (χ2v) is 10.9. The van der Waals surface area contributed by atoms with Crippen LogP contribution in [0.15, 0.2) is 47.4 Å². The fourth-order valence-electron chi connectivity index (χ4n) is 2.99. The van der Waals surface area contributed by atoms with Crippen LogP contribution in [0, 0.1) is 6.92 Å². The van der Waals surface area contributed by atoms with Gasteiger partial charge in [0, 0.05) is 24.5 Å². The van der Waals surface area contributed by atoms with Crippen LogP contribution in [0.4, 0.5) is 5.13 Å². The molecule has 9 heteroatoms. The largest absolute Gasteiger partial charge is 0.308 e. The van der Waals surface area contributed by atoms with Gasteiger partial charge < -0.3 is 4.90 Å². The molecule has 0 N–H and O–H groups in total. The number of aromatic nitrogens is 1. The van der Waals surface area contributed by atoms with E-state index < -0.39 is 9.84 Å². The molecule has 0 aliphatic carbocycles. The summed E-state index contributed by atoms with van der Waals surface area (Å²) in [5, 5.41) is 1.18. The van der Waals surface area contributed by atoms with Gasteiger partial charge in [-0.15, -0.1) is 0 Å². The smallest absolute Gasteiger partial charge is 0.229 e. The molecule has 30 heavy (non-hydrogen) atoms. The molecule has 0 aliphatic rings. The van der Waals surface area contributed by atoms with E-state index in [-0.39, 0.29) is 23.0 Å². The lowest BCUT2D eigenvalue weighted by atomic mass is 10.2. The maximum absolute atomic E-state index is 13.0. The molecule has 2 aromatic carbocycles. The Labute approximate surface area is 186 Å². The average Bonchev–Trinajstić information content (AvgIpc) is 3.11. The van der Waals surface area contributed by atoms with Gasteiger partial charge in [-0.1, -0.05) is 41.1 Å². The maximum atomic E-state index is 13.0. The van der Waals surface area contributed by atoms with E-state index in [9.17, 15) is 13.2 Å². The summed E-state index contributed by atoms with van der Waals surface area (Å²) < 4.78 is 26.1. The predicted octanol–water partition coefficient (Wildman–Crippen LogP) is 4.02. The topological polar surface area (TPSA) is 70.6 Å². The molecule has 0 saturated carbocycles. The molecule has 0 atom stereocenters. The maximum Gasteiger partial charge on any atom is 0.229 e. The summed E-state index contributed by atoms with van der Waals surface area (Å²) in [5.74, 6) is -0.511. The number of hydrogen-bond acceptors (Lipinski definition) is 6. The summed E-state index contributed by atoms with van der Waals surface area (Å²) in [7, 11) is 0.311. The van der Waals surface area contributed by atoms with Crippen molar-refractivity contribution in [3.63, 3.8) is 0 Å². The zero-order valence-corrected chi connectivity index (χ0v) is 19.5. The van der Waals surface area contributed by atoms with Gasteiger partial charge in [0.2, 0.25) is 5.91 Å². The van der Waals surface area contributed by atoms with E-state index in [4.69, 9.17) is 11.6 Å². The number of carbonyl (C=O) groups is 1. The highest BCUT2D eigenvalue weighted by molar-refractivity contribution is 7.91. The van der Waals surface area contributed by atoms with Crippen LogP contribution < -0.4 is 4.90 Å². The lowest BCUT2D eigenvalue weighted by molar-refractivity contribution is -0.118. The first kappa shape index (κ1) is 22.7. The number of amides is 1. The van der Waals surface area contributed by atoms with Crippen molar-refractivity contribution in [3.05, 3.63) is 53.1 Å². The van der Waals surface area contributed by atoms with Crippen LogP contribution in [0.25, 0.3) is 10.2 Å². The van der Waals surface area contributed by atoms with Crippen LogP contribution in [-0.4, -0.2) is 57.1 Å². The van der Waals surface area contributed by atoms with E-state index in [0.29, 0.717) is 23.2 Å². The number of fused-ring (bicyclic) bond motifs is 1. The van der Waals surface area contributed by atoms with Gasteiger partial charge in [-0.2, -0.15) is 0 Å². The fraction of sp³-hybridized carbons (Fsp3) is 0.333. The van der Waals surface area contributed by atoms with Crippen molar-refractivity contribution in [3.8, 4) is 0 Å². The fourth-order valence-corrected chi connectivity index (χ4v) is 5.70. The number of anilines is 1. The molecule has 0 bridgehead atoms. The number of sulfone groups is 1. The molecule has 160 valence electrons.